The molecule has 3 rings (SSSR count). The van der Waals surface area contributed by atoms with Gasteiger partial charge in [-0.25, -0.2) is 8.78 Å². The Morgan fingerprint density at radius 2 is 1.85 bits per heavy atom. The highest BCUT2D eigenvalue weighted by atomic mass is 19.1. The summed E-state index contributed by atoms with van der Waals surface area (Å²) >= 11 is 0. The van der Waals surface area contributed by atoms with Gasteiger partial charge < -0.3 is 10.1 Å². The zero-order valence-electron chi connectivity index (χ0n) is 14.6. The van der Waals surface area contributed by atoms with Crippen LogP contribution in [0.25, 0.3) is 0 Å². The molecule has 0 radical (unpaired) electrons. The third kappa shape index (κ3) is 3.68. The molecule has 0 saturated carbocycles. The topological polar surface area (TPSA) is 62.4 Å². The number of hydrazine groups is 1. The van der Waals surface area contributed by atoms with Gasteiger partial charge >= 0.3 is 0 Å². The van der Waals surface area contributed by atoms with Gasteiger partial charge in [-0.2, -0.15) is 0 Å². The molecule has 2 aromatic rings. The fourth-order valence-corrected chi connectivity index (χ4v) is 3.12. The van der Waals surface area contributed by atoms with Gasteiger partial charge in [0.05, 0.1) is 18.7 Å². The number of methoxy groups -OCH3 is 1. The number of carbonyl (C=O) groups is 1. The molecule has 1 unspecified atom stereocenters. The maximum atomic E-state index is 13.9. The van der Waals surface area contributed by atoms with Gasteiger partial charge in [-0.1, -0.05) is 12.1 Å². The van der Waals surface area contributed by atoms with Crippen LogP contribution in [0.3, 0.4) is 0 Å². The highest BCUT2D eigenvalue weighted by molar-refractivity contribution is 5.97. The molecule has 138 valence electrons. The van der Waals surface area contributed by atoms with E-state index < -0.39 is 23.6 Å². The lowest BCUT2D eigenvalue weighted by molar-refractivity contribution is 0.0935. The van der Waals surface area contributed by atoms with Gasteiger partial charge in [-0.3, -0.25) is 15.6 Å². The van der Waals surface area contributed by atoms with Crippen LogP contribution < -0.4 is 20.9 Å². The second-order valence-electron chi connectivity index (χ2n) is 6.25. The maximum Gasteiger partial charge on any atom is 0.255 e. The van der Waals surface area contributed by atoms with Gasteiger partial charge in [-0.15, -0.1) is 0 Å². The Morgan fingerprint density at radius 3 is 2.46 bits per heavy atom. The van der Waals surface area contributed by atoms with E-state index in [1.807, 2.05) is 12.1 Å². The SMILES string of the molecule is COc1cc(C2CNNC2)ccc1C(=O)NC(C)c1c(F)cccc1F. The molecular weight excluding hydrogens is 340 g/mol. The molecule has 1 amide bonds. The average molecular weight is 361 g/mol. The maximum absolute atomic E-state index is 13.9. The first-order chi connectivity index (χ1) is 12.5. The zero-order valence-corrected chi connectivity index (χ0v) is 14.6. The second-order valence-corrected chi connectivity index (χ2v) is 6.25. The lowest BCUT2D eigenvalue weighted by Gasteiger charge is -2.18. The van der Waals surface area contributed by atoms with E-state index in [1.54, 1.807) is 6.07 Å². The van der Waals surface area contributed by atoms with Crippen molar-refractivity contribution in [1.29, 1.82) is 0 Å². The van der Waals surface area contributed by atoms with E-state index in [9.17, 15) is 13.6 Å². The van der Waals surface area contributed by atoms with Crippen LogP contribution in [0.5, 0.6) is 5.75 Å². The highest BCUT2D eigenvalue weighted by Crippen LogP contribution is 2.27. The monoisotopic (exact) mass is 361 g/mol. The van der Waals surface area contributed by atoms with Gasteiger partial charge in [0.25, 0.3) is 5.91 Å². The van der Waals surface area contributed by atoms with E-state index in [1.165, 1.54) is 32.2 Å². The van der Waals surface area contributed by atoms with Crippen molar-refractivity contribution < 1.29 is 18.3 Å². The van der Waals surface area contributed by atoms with Crippen molar-refractivity contribution in [2.24, 2.45) is 0 Å². The van der Waals surface area contributed by atoms with Crippen molar-refractivity contribution in [1.82, 2.24) is 16.2 Å². The quantitative estimate of drug-likeness (QED) is 0.766. The Labute approximate surface area is 150 Å². The standard InChI is InChI=1S/C19H21F2N3O2/c1-11(18-15(20)4-3-5-16(18)21)24-19(25)14-7-6-12(8-17(14)26-2)13-9-22-23-10-13/h3-8,11,13,22-23H,9-10H2,1-2H3,(H,24,25). The number of halogens is 2. The Morgan fingerprint density at radius 1 is 1.19 bits per heavy atom. The molecule has 7 heteroatoms. The van der Waals surface area contributed by atoms with E-state index >= 15 is 0 Å². The summed E-state index contributed by atoms with van der Waals surface area (Å²) in [4.78, 5) is 12.6. The van der Waals surface area contributed by atoms with Crippen molar-refractivity contribution in [2.75, 3.05) is 20.2 Å². The van der Waals surface area contributed by atoms with Gasteiger partial charge in [0.2, 0.25) is 0 Å². The third-order valence-corrected chi connectivity index (χ3v) is 4.54. The minimum Gasteiger partial charge on any atom is -0.496 e. The molecule has 0 aromatic heterocycles. The number of benzene rings is 2. The molecule has 0 bridgehead atoms. The van der Waals surface area contributed by atoms with E-state index in [0.717, 1.165) is 18.7 Å². The van der Waals surface area contributed by atoms with Gasteiger partial charge in [-0.05, 0) is 36.8 Å². The summed E-state index contributed by atoms with van der Waals surface area (Å²) in [6.07, 6.45) is 0. The van der Waals surface area contributed by atoms with Gasteiger partial charge in [0, 0.05) is 24.6 Å². The van der Waals surface area contributed by atoms with Gasteiger partial charge in [0.1, 0.15) is 17.4 Å². The Kier molecular flexibility index (Phi) is 5.49. The number of carbonyl (C=O) groups excluding carboxylic acids is 1. The molecule has 1 atom stereocenters. The molecule has 26 heavy (non-hydrogen) atoms. The predicted octanol–water partition coefficient (Wildman–Crippen LogP) is 2.66. The number of ether oxygens (including phenoxy) is 1. The minimum absolute atomic E-state index is 0.167. The van der Waals surface area contributed by atoms with Crippen LogP contribution in [0.4, 0.5) is 8.78 Å². The fraction of sp³-hybridized carbons (Fsp3) is 0.316. The summed E-state index contributed by atoms with van der Waals surface area (Å²) in [6, 6.07) is 8.16. The molecule has 1 aliphatic rings. The molecule has 1 fully saturated rings. The number of nitrogens with one attached hydrogen (secondary N) is 3. The molecule has 0 spiro atoms. The molecule has 1 heterocycles. The number of rotatable bonds is 5. The van der Waals surface area contributed by atoms with E-state index in [4.69, 9.17) is 4.74 Å². The van der Waals surface area contributed by atoms with Crippen LogP contribution in [0.15, 0.2) is 36.4 Å². The Balaban J connectivity index is 1.81. The molecular formula is C19H21F2N3O2. The summed E-state index contributed by atoms with van der Waals surface area (Å²) < 4.78 is 33.1. The third-order valence-electron chi connectivity index (χ3n) is 4.54. The van der Waals surface area contributed by atoms with E-state index in [0.29, 0.717) is 11.3 Å². The van der Waals surface area contributed by atoms with Crippen LogP contribution in [0.2, 0.25) is 0 Å². The van der Waals surface area contributed by atoms with Crippen molar-refractivity contribution in [3.8, 4) is 5.75 Å². The number of hydrogen-bond acceptors (Lipinski definition) is 4. The smallest absolute Gasteiger partial charge is 0.255 e. The van der Waals surface area contributed by atoms with Gasteiger partial charge in [0.15, 0.2) is 0 Å². The van der Waals surface area contributed by atoms with E-state index in [-0.39, 0.29) is 11.5 Å². The summed E-state index contributed by atoms with van der Waals surface area (Å²) in [6.45, 7) is 3.12. The van der Waals surface area contributed by atoms with E-state index in [2.05, 4.69) is 16.2 Å². The Bertz CT molecular complexity index is 787. The minimum atomic E-state index is -0.823. The summed E-state index contributed by atoms with van der Waals surface area (Å²) in [5, 5.41) is 2.63. The van der Waals surface area contributed by atoms with Crippen molar-refractivity contribution >= 4 is 5.91 Å². The predicted molar refractivity (Wildman–Crippen MR) is 94.0 cm³/mol. The molecule has 1 saturated heterocycles. The fourth-order valence-electron chi connectivity index (χ4n) is 3.12. The summed E-state index contributed by atoms with van der Waals surface area (Å²) in [7, 11) is 1.49. The first-order valence-corrected chi connectivity index (χ1v) is 8.39. The van der Waals surface area contributed by atoms with Crippen molar-refractivity contribution in [3.63, 3.8) is 0 Å². The molecule has 2 aromatic carbocycles. The first kappa shape index (κ1) is 18.3. The number of amides is 1. The first-order valence-electron chi connectivity index (χ1n) is 8.39. The van der Waals surface area contributed by atoms with Crippen LogP contribution in [0, 0.1) is 11.6 Å². The molecule has 3 N–H and O–H groups in total. The molecule has 1 aliphatic heterocycles. The second kappa shape index (κ2) is 7.80. The normalized spacial score (nSPS) is 15.7. The van der Waals surface area contributed by atoms with Crippen LogP contribution in [-0.4, -0.2) is 26.1 Å². The van der Waals surface area contributed by atoms with Crippen LogP contribution in [0.1, 0.15) is 40.4 Å². The lowest BCUT2D eigenvalue weighted by atomic mass is 9.98. The van der Waals surface area contributed by atoms with Crippen molar-refractivity contribution in [3.05, 3.63) is 64.7 Å². The highest BCUT2D eigenvalue weighted by Gasteiger charge is 2.22. The van der Waals surface area contributed by atoms with Crippen molar-refractivity contribution in [2.45, 2.75) is 18.9 Å². The lowest BCUT2D eigenvalue weighted by Crippen LogP contribution is -2.28. The average Bonchev–Trinajstić information content (AvgIpc) is 3.15. The van der Waals surface area contributed by atoms with Crippen LogP contribution >= 0.6 is 0 Å². The molecule has 5 nitrogen and oxygen atoms in total. The largest absolute Gasteiger partial charge is 0.496 e. The number of hydrogen-bond donors (Lipinski definition) is 3. The zero-order chi connectivity index (χ0) is 18.7. The summed E-state index contributed by atoms with van der Waals surface area (Å²) in [5.74, 6) is -1.13. The van der Waals surface area contributed by atoms with Crippen LogP contribution in [-0.2, 0) is 0 Å². The summed E-state index contributed by atoms with van der Waals surface area (Å²) in [5.41, 5.74) is 7.32. The Hall–Kier alpha value is -2.51. The molecule has 0 aliphatic carbocycles.